The number of benzene rings is 1. The average molecular weight is 461 g/mol. The highest BCUT2D eigenvalue weighted by atomic mass is 16.2. The second-order valence-corrected chi connectivity index (χ2v) is 9.77. The highest BCUT2D eigenvalue weighted by molar-refractivity contribution is 5.81. The van der Waals surface area contributed by atoms with Gasteiger partial charge in [-0.15, -0.1) is 0 Å². The van der Waals surface area contributed by atoms with E-state index in [0.29, 0.717) is 6.04 Å². The minimum absolute atomic E-state index is 0.103. The van der Waals surface area contributed by atoms with Crippen LogP contribution in [0.25, 0.3) is 16.6 Å². The van der Waals surface area contributed by atoms with Gasteiger partial charge in [0.15, 0.2) is 0 Å². The maximum atomic E-state index is 12.6. The Morgan fingerprint density at radius 3 is 2.38 bits per heavy atom. The van der Waals surface area contributed by atoms with E-state index in [-0.39, 0.29) is 11.8 Å². The van der Waals surface area contributed by atoms with Gasteiger partial charge < -0.3 is 20.4 Å². The first-order valence-electron chi connectivity index (χ1n) is 12.7. The molecule has 1 atom stereocenters. The first-order valence-corrected chi connectivity index (χ1v) is 12.7. The van der Waals surface area contributed by atoms with E-state index in [9.17, 15) is 4.79 Å². The van der Waals surface area contributed by atoms with Crippen LogP contribution in [-0.2, 0) is 4.79 Å². The molecule has 5 rings (SSSR count). The van der Waals surface area contributed by atoms with Crippen molar-refractivity contribution in [3.05, 3.63) is 48.8 Å². The molecule has 2 fully saturated rings. The van der Waals surface area contributed by atoms with Crippen LogP contribution in [0.4, 0.5) is 11.4 Å². The first kappa shape index (κ1) is 22.7. The lowest BCUT2D eigenvalue weighted by Crippen LogP contribution is -2.50. The molecule has 0 spiro atoms. The average Bonchev–Trinajstić information content (AvgIpc) is 3.33. The largest absolute Gasteiger partial charge is 0.371 e. The molecule has 0 bridgehead atoms. The van der Waals surface area contributed by atoms with E-state index in [1.165, 1.54) is 16.9 Å². The third kappa shape index (κ3) is 4.49. The number of fused-ring (bicyclic) bond motifs is 1. The number of hydrogen-bond acceptors (Lipinski definition) is 5. The number of carbonyl (C=O) groups excluding carboxylic acids is 1. The van der Waals surface area contributed by atoms with Crippen LogP contribution in [0.2, 0.25) is 0 Å². The van der Waals surface area contributed by atoms with Gasteiger partial charge in [-0.2, -0.15) is 5.10 Å². The van der Waals surface area contributed by atoms with Gasteiger partial charge in [-0.1, -0.05) is 26.0 Å². The second kappa shape index (κ2) is 9.66. The Morgan fingerprint density at radius 1 is 1.00 bits per heavy atom. The highest BCUT2D eigenvalue weighted by Gasteiger charge is 2.25. The molecule has 2 aliphatic rings. The van der Waals surface area contributed by atoms with Gasteiger partial charge in [0.25, 0.3) is 0 Å². The number of nitrogens with zero attached hydrogens (tertiary/aromatic N) is 5. The summed E-state index contributed by atoms with van der Waals surface area (Å²) in [6, 6.07) is 13.5. The van der Waals surface area contributed by atoms with Crippen molar-refractivity contribution in [2.75, 3.05) is 49.1 Å². The standard InChI is InChI=1S/C27H36N6O/c1-3-20(2)27(34)32-16-14-31(15-17-32)25-8-11-29-33-19-22(18-26(25)33)21-4-6-24(7-5-21)30-12-9-23(28)10-13-30/h4-8,11,18-20,23H,3,9-10,12-17,28H2,1-2H3. The van der Waals surface area contributed by atoms with Crippen LogP contribution in [0, 0.1) is 5.92 Å². The zero-order chi connectivity index (χ0) is 23.7. The quantitative estimate of drug-likeness (QED) is 0.630. The monoisotopic (exact) mass is 460 g/mol. The van der Waals surface area contributed by atoms with Crippen LogP contribution in [0.5, 0.6) is 0 Å². The van der Waals surface area contributed by atoms with Crippen molar-refractivity contribution in [2.24, 2.45) is 11.7 Å². The molecule has 7 heteroatoms. The van der Waals surface area contributed by atoms with Crippen LogP contribution in [0.15, 0.2) is 48.8 Å². The third-order valence-corrected chi connectivity index (χ3v) is 7.56. The van der Waals surface area contributed by atoms with Crippen LogP contribution in [0.1, 0.15) is 33.1 Å². The van der Waals surface area contributed by atoms with E-state index in [1.54, 1.807) is 0 Å². The molecule has 4 heterocycles. The highest BCUT2D eigenvalue weighted by Crippen LogP contribution is 2.30. The topological polar surface area (TPSA) is 70.1 Å². The molecule has 180 valence electrons. The van der Waals surface area contributed by atoms with Crippen molar-refractivity contribution in [1.29, 1.82) is 0 Å². The number of carbonyl (C=O) groups is 1. The normalized spacial score (nSPS) is 18.5. The van der Waals surface area contributed by atoms with E-state index < -0.39 is 0 Å². The van der Waals surface area contributed by atoms with Crippen molar-refractivity contribution in [1.82, 2.24) is 14.5 Å². The molecule has 3 aromatic rings. The van der Waals surface area contributed by atoms with Gasteiger partial charge in [-0.25, -0.2) is 4.52 Å². The van der Waals surface area contributed by atoms with E-state index >= 15 is 0 Å². The van der Waals surface area contributed by atoms with E-state index in [1.807, 2.05) is 22.5 Å². The van der Waals surface area contributed by atoms with Crippen LogP contribution in [-0.4, -0.2) is 65.7 Å². The molecule has 1 unspecified atom stereocenters. The van der Waals surface area contributed by atoms with Crippen molar-refractivity contribution in [3.63, 3.8) is 0 Å². The molecule has 1 amide bonds. The summed E-state index contributed by atoms with van der Waals surface area (Å²) >= 11 is 0. The summed E-state index contributed by atoms with van der Waals surface area (Å²) in [6.07, 6.45) is 6.98. The van der Waals surface area contributed by atoms with Crippen molar-refractivity contribution >= 4 is 22.8 Å². The second-order valence-electron chi connectivity index (χ2n) is 9.77. The first-order chi connectivity index (χ1) is 16.5. The minimum Gasteiger partial charge on any atom is -0.371 e. The van der Waals surface area contributed by atoms with Gasteiger partial charge in [-0.05, 0) is 49.1 Å². The number of aromatic nitrogens is 2. The number of hydrogen-bond donors (Lipinski definition) is 1. The Hall–Kier alpha value is -3.06. The van der Waals surface area contributed by atoms with Gasteiger partial charge in [-0.3, -0.25) is 4.79 Å². The van der Waals surface area contributed by atoms with E-state index in [4.69, 9.17) is 5.73 Å². The minimum atomic E-state index is 0.103. The number of piperidine rings is 1. The number of rotatable bonds is 5. The van der Waals surface area contributed by atoms with Gasteiger partial charge in [0, 0.05) is 74.9 Å². The molecular weight excluding hydrogens is 424 g/mol. The van der Waals surface area contributed by atoms with Crippen molar-refractivity contribution in [3.8, 4) is 11.1 Å². The van der Waals surface area contributed by atoms with Gasteiger partial charge >= 0.3 is 0 Å². The third-order valence-electron chi connectivity index (χ3n) is 7.56. The Morgan fingerprint density at radius 2 is 1.71 bits per heavy atom. The number of nitrogens with two attached hydrogens (primary N) is 1. The predicted molar refractivity (Wildman–Crippen MR) is 138 cm³/mol. The molecule has 7 nitrogen and oxygen atoms in total. The summed E-state index contributed by atoms with van der Waals surface area (Å²) in [5.74, 6) is 0.383. The molecule has 34 heavy (non-hydrogen) atoms. The molecule has 1 aromatic carbocycles. The molecule has 0 saturated carbocycles. The molecule has 0 radical (unpaired) electrons. The lowest BCUT2D eigenvalue weighted by Gasteiger charge is -2.37. The van der Waals surface area contributed by atoms with Gasteiger partial charge in [0.2, 0.25) is 5.91 Å². The lowest BCUT2D eigenvalue weighted by molar-refractivity contribution is -0.135. The zero-order valence-electron chi connectivity index (χ0n) is 20.4. The van der Waals surface area contributed by atoms with Crippen LogP contribution in [0.3, 0.4) is 0 Å². The number of piperazine rings is 1. The van der Waals surface area contributed by atoms with Gasteiger partial charge in [0.05, 0.1) is 11.2 Å². The Labute approximate surface area is 202 Å². The summed E-state index contributed by atoms with van der Waals surface area (Å²) in [6.45, 7) is 9.39. The van der Waals surface area contributed by atoms with E-state index in [0.717, 1.165) is 69.6 Å². The Kier molecular flexibility index (Phi) is 6.46. The van der Waals surface area contributed by atoms with Crippen molar-refractivity contribution in [2.45, 2.75) is 39.2 Å². The molecule has 2 aromatic heterocycles. The summed E-state index contributed by atoms with van der Waals surface area (Å²) in [5, 5.41) is 4.56. The molecule has 0 aliphatic carbocycles. The number of amides is 1. The fourth-order valence-electron chi connectivity index (χ4n) is 5.10. The van der Waals surface area contributed by atoms with Gasteiger partial charge in [0.1, 0.15) is 0 Å². The Balaban J connectivity index is 1.32. The lowest BCUT2D eigenvalue weighted by atomic mass is 10.0. The molecule has 2 saturated heterocycles. The molecule has 2 N–H and O–H groups in total. The SMILES string of the molecule is CCC(C)C(=O)N1CCN(c2ccnn3cc(-c4ccc(N5CCC(N)CC5)cc4)cc23)CC1. The summed E-state index contributed by atoms with van der Waals surface area (Å²) in [7, 11) is 0. The molecule has 2 aliphatic heterocycles. The van der Waals surface area contributed by atoms with Crippen molar-refractivity contribution < 1.29 is 4.79 Å². The fourth-order valence-corrected chi connectivity index (χ4v) is 5.10. The van der Waals surface area contributed by atoms with Crippen LogP contribution >= 0.6 is 0 Å². The fraction of sp³-hybridized carbons (Fsp3) is 0.481. The summed E-state index contributed by atoms with van der Waals surface area (Å²) in [4.78, 5) is 19.4. The maximum absolute atomic E-state index is 12.6. The smallest absolute Gasteiger partial charge is 0.225 e. The zero-order valence-corrected chi connectivity index (χ0v) is 20.4. The summed E-state index contributed by atoms with van der Waals surface area (Å²) < 4.78 is 1.97. The van der Waals surface area contributed by atoms with E-state index in [2.05, 4.69) is 64.4 Å². The Bertz CT molecular complexity index is 1120. The van der Waals surface area contributed by atoms with Crippen LogP contribution < -0.4 is 15.5 Å². The predicted octanol–water partition coefficient (Wildman–Crippen LogP) is 3.62. The maximum Gasteiger partial charge on any atom is 0.225 e. The number of anilines is 2. The summed E-state index contributed by atoms with van der Waals surface area (Å²) in [5.41, 5.74) is 12.0. The molecular formula is C27H36N6O.